The molecule has 0 aliphatic carbocycles. The van der Waals surface area contributed by atoms with E-state index in [0.29, 0.717) is 18.7 Å². The van der Waals surface area contributed by atoms with Gasteiger partial charge in [0.15, 0.2) is 0 Å². The van der Waals surface area contributed by atoms with E-state index < -0.39 is 24.0 Å². The van der Waals surface area contributed by atoms with E-state index in [1.165, 1.54) is 6.20 Å². The number of hydrogen-bond acceptors (Lipinski definition) is 3. The number of carbonyl (C=O) groups excluding carboxylic acids is 1. The minimum absolute atomic E-state index is 0.241. The number of halogens is 3. The van der Waals surface area contributed by atoms with Crippen LogP contribution >= 0.6 is 0 Å². The van der Waals surface area contributed by atoms with Crippen molar-refractivity contribution in [2.75, 3.05) is 0 Å². The number of aliphatic carboxylic acids is 1. The number of carboxylic acids is 1. The fourth-order valence-corrected chi connectivity index (χ4v) is 2.06. The quantitative estimate of drug-likeness (QED) is 0.859. The fourth-order valence-electron chi connectivity index (χ4n) is 2.06. The average Bonchev–Trinajstić information content (AvgIpc) is 2.76. The maximum absolute atomic E-state index is 12.0. The average molecular weight is 291 g/mol. The molecule has 9 heteroatoms. The van der Waals surface area contributed by atoms with E-state index in [2.05, 4.69) is 4.98 Å². The molecule has 6 nitrogen and oxygen atoms in total. The second-order valence-corrected chi connectivity index (χ2v) is 4.56. The molecule has 0 saturated carbocycles. The van der Waals surface area contributed by atoms with Crippen molar-refractivity contribution >= 4 is 11.9 Å². The molecule has 1 aliphatic rings. The molecule has 1 unspecified atom stereocenters. The Kier molecular flexibility index (Phi) is 3.69. The summed E-state index contributed by atoms with van der Waals surface area (Å²) in [4.78, 5) is 25.6. The highest BCUT2D eigenvalue weighted by Crippen LogP contribution is 2.20. The lowest BCUT2D eigenvalue weighted by Crippen LogP contribution is -2.36. The Morgan fingerprint density at radius 1 is 1.50 bits per heavy atom. The monoisotopic (exact) mass is 291 g/mol. The van der Waals surface area contributed by atoms with E-state index >= 15 is 0 Å². The third kappa shape index (κ3) is 3.09. The molecule has 20 heavy (non-hydrogen) atoms. The SMILES string of the molecule is O=C(O)C1CCc2nc(CNC(=O)C(F)(F)F)cn2C1. The van der Waals surface area contributed by atoms with Gasteiger partial charge in [-0.05, 0) is 6.42 Å². The van der Waals surface area contributed by atoms with Crippen LogP contribution in [0.1, 0.15) is 17.9 Å². The first-order chi connectivity index (χ1) is 9.27. The molecule has 1 amide bonds. The number of carboxylic acid groups (broad SMARTS) is 1. The molecule has 2 N–H and O–H groups in total. The molecule has 0 aromatic carbocycles. The van der Waals surface area contributed by atoms with Gasteiger partial charge in [0, 0.05) is 19.2 Å². The Hall–Kier alpha value is -2.06. The fraction of sp³-hybridized carbons (Fsp3) is 0.545. The van der Waals surface area contributed by atoms with Gasteiger partial charge in [0.25, 0.3) is 0 Å². The highest BCUT2D eigenvalue weighted by Gasteiger charge is 2.38. The second-order valence-electron chi connectivity index (χ2n) is 4.56. The van der Waals surface area contributed by atoms with E-state index in [-0.39, 0.29) is 18.8 Å². The van der Waals surface area contributed by atoms with Crippen molar-refractivity contribution in [3.8, 4) is 0 Å². The summed E-state index contributed by atoms with van der Waals surface area (Å²) in [6.45, 7) is -0.0963. The van der Waals surface area contributed by atoms with Crippen LogP contribution < -0.4 is 5.32 Å². The minimum Gasteiger partial charge on any atom is -0.481 e. The highest BCUT2D eigenvalue weighted by atomic mass is 19.4. The summed E-state index contributed by atoms with van der Waals surface area (Å²) >= 11 is 0. The van der Waals surface area contributed by atoms with Gasteiger partial charge in [0.1, 0.15) is 5.82 Å². The number of amides is 1. The van der Waals surface area contributed by atoms with E-state index in [1.54, 1.807) is 9.88 Å². The second kappa shape index (κ2) is 5.14. The van der Waals surface area contributed by atoms with Crippen molar-refractivity contribution in [3.05, 3.63) is 17.7 Å². The first-order valence-electron chi connectivity index (χ1n) is 5.90. The largest absolute Gasteiger partial charge is 0.481 e. The predicted molar refractivity (Wildman–Crippen MR) is 59.6 cm³/mol. The van der Waals surface area contributed by atoms with Gasteiger partial charge in [0.05, 0.1) is 18.2 Å². The zero-order valence-electron chi connectivity index (χ0n) is 10.3. The summed E-state index contributed by atoms with van der Waals surface area (Å²) in [7, 11) is 0. The highest BCUT2D eigenvalue weighted by molar-refractivity contribution is 5.81. The normalized spacial score (nSPS) is 18.4. The Bertz CT molecular complexity index is 539. The molecule has 110 valence electrons. The van der Waals surface area contributed by atoms with Gasteiger partial charge in [-0.25, -0.2) is 4.98 Å². The Morgan fingerprint density at radius 2 is 2.20 bits per heavy atom. The summed E-state index contributed by atoms with van der Waals surface area (Å²) < 4.78 is 37.7. The summed E-state index contributed by atoms with van der Waals surface area (Å²) in [5.41, 5.74) is 0.281. The minimum atomic E-state index is -4.92. The van der Waals surface area contributed by atoms with Crippen molar-refractivity contribution in [2.45, 2.75) is 32.1 Å². The lowest BCUT2D eigenvalue weighted by atomic mass is 10.00. The third-order valence-electron chi connectivity index (χ3n) is 3.08. The first kappa shape index (κ1) is 14.4. The smallest absolute Gasteiger partial charge is 0.471 e. The molecule has 0 fully saturated rings. The molecule has 0 bridgehead atoms. The standard InChI is InChI=1S/C11H12F3N3O3/c12-11(13,14)10(20)15-3-7-5-17-4-6(9(18)19)1-2-8(17)16-7/h5-6H,1-4H2,(H,15,20)(H,18,19). The number of aryl methyl sites for hydroxylation is 1. The van der Waals surface area contributed by atoms with Gasteiger partial charge in [-0.2, -0.15) is 13.2 Å². The molecule has 0 saturated heterocycles. The number of rotatable bonds is 3. The van der Waals surface area contributed by atoms with Crippen LogP contribution in [-0.4, -0.2) is 32.7 Å². The molecule has 1 atom stereocenters. The number of nitrogens with one attached hydrogen (secondary N) is 1. The molecular weight excluding hydrogens is 279 g/mol. The van der Waals surface area contributed by atoms with E-state index in [1.807, 2.05) is 0 Å². The number of aromatic nitrogens is 2. The van der Waals surface area contributed by atoms with Crippen molar-refractivity contribution in [3.63, 3.8) is 0 Å². The Balaban J connectivity index is 2.00. The van der Waals surface area contributed by atoms with Crippen LogP contribution in [0.4, 0.5) is 13.2 Å². The summed E-state index contributed by atoms with van der Waals surface area (Å²) in [6.07, 6.45) is -2.56. The summed E-state index contributed by atoms with van der Waals surface area (Å²) in [6, 6.07) is 0. The molecule has 2 heterocycles. The van der Waals surface area contributed by atoms with Gasteiger partial charge in [-0.3, -0.25) is 9.59 Å². The molecule has 0 radical (unpaired) electrons. The number of carbonyl (C=O) groups is 2. The van der Waals surface area contributed by atoms with E-state index in [0.717, 1.165) is 0 Å². The zero-order chi connectivity index (χ0) is 14.9. The van der Waals surface area contributed by atoms with Gasteiger partial charge < -0.3 is 15.0 Å². The molecule has 1 aromatic rings. The van der Waals surface area contributed by atoms with Crippen LogP contribution in [0, 0.1) is 5.92 Å². The molecule has 1 aliphatic heterocycles. The summed E-state index contributed by atoms with van der Waals surface area (Å²) in [5.74, 6) is -2.82. The lowest BCUT2D eigenvalue weighted by molar-refractivity contribution is -0.173. The maximum Gasteiger partial charge on any atom is 0.471 e. The van der Waals surface area contributed by atoms with Crippen molar-refractivity contribution in [1.29, 1.82) is 0 Å². The van der Waals surface area contributed by atoms with Crippen molar-refractivity contribution in [1.82, 2.24) is 14.9 Å². The zero-order valence-corrected chi connectivity index (χ0v) is 10.3. The first-order valence-corrected chi connectivity index (χ1v) is 5.90. The van der Waals surface area contributed by atoms with Gasteiger partial charge in [-0.1, -0.05) is 0 Å². The van der Waals surface area contributed by atoms with Crippen LogP contribution in [-0.2, 0) is 29.1 Å². The molecule has 0 spiro atoms. The van der Waals surface area contributed by atoms with Crippen LogP contribution in [0.5, 0.6) is 0 Å². The third-order valence-corrected chi connectivity index (χ3v) is 3.08. The molecule has 1 aromatic heterocycles. The molecule has 2 rings (SSSR count). The van der Waals surface area contributed by atoms with Crippen molar-refractivity contribution in [2.24, 2.45) is 5.92 Å². The van der Waals surface area contributed by atoms with Crippen LogP contribution in [0.15, 0.2) is 6.20 Å². The Morgan fingerprint density at radius 3 is 2.80 bits per heavy atom. The number of alkyl halides is 3. The topological polar surface area (TPSA) is 84.2 Å². The van der Waals surface area contributed by atoms with E-state index in [4.69, 9.17) is 5.11 Å². The number of imidazole rings is 1. The lowest BCUT2D eigenvalue weighted by Gasteiger charge is -2.19. The molecular formula is C11H12F3N3O3. The van der Waals surface area contributed by atoms with E-state index in [9.17, 15) is 22.8 Å². The number of hydrogen-bond donors (Lipinski definition) is 2. The Labute approximate surface area is 111 Å². The summed E-state index contributed by atoms with van der Waals surface area (Å²) in [5, 5.41) is 10.6. The van der Waals surface area contributed by atoms with Crippen LogP contribution in [0.3, 0.4) is 0 Å². The van der Waals surface area contributed by atoms with Gasteiger partial charge in [0.2, 0.25) is 0 Å². The van der Waals surface area contributed by atoms with Gasteiger partial charge in [-0.15, -0.1) is 0 Å². The van der Waals surface area contributed by atoms with Gasteiger partial charge >= 0.3 is 18.1 Å². The number of fused-ring (bicyclic) bond motifs is 1. The van der Waals surface area contributed by atoms with Crippen molar-refractivity contribution < 1.29 is 27.9 Å². The van der Waals surface area contributed by atoms with Crippen LogP contribution in [0.2, 0.25) is 0 Å². The number of nitrogens with zero attached hydrogens (tertiary/aromatic N) is 2. The van der Waals surface area contributed by atoms with Crippen LogP contribution in [0.25, 0.3) is 0 Å². The predicted octanol–water partition coefficient (Wildman–Crippen LogP) is 0.709. The maximum atomic E-state index is 12.0.